The molecule has 0 bridgehead atoms. The van der Waals surface area contributed by atoms with Gasteiger partial charge in [-0.3, -0.25) is 4.31 Å². The van der Waals surface area contributed by atoms with Crippen molar-refractivity contribution in [3.63, 3.8) is 0 Å². The van der Waals surface area contributed by atoms with Crippen LogP contribution in [0.15, 0.2) is 18.2 Å². The standard InChI is InChI=1S/C12H18N2O2S/c1-3-17(15,16)14(2)12-8-10(9-4-5-9)6-7-11(12)13/h6-9H,3-5,13H2,1-2H3. The van der Waals surface area contributed by atoms with Crippen molar-refractivity contribution in [2.75, 3.05) is 22.8 Å². The van der Waals surface area contributed by atoms with Crippen molar-refractivity contribution in [2.24, 2.45) is 0 Å². The lowest BCUT2D eigenvalue weighted by atomic mass is 10.1. The number of hydrogen-bond donors (Lipinski definition) is 1. The third kappa shape index (κ3) is 2.39. The van der Waals surface area contributed by atoms with Crippen molar-refractivity contribution in [2.45, 2.75) is 25.7 Å². The summed E-state index contributed by atoms with van der Waals surface area (Å²) in [6.45, 7) is 1.63. The molecule has 1 aromatic rings. The van der Waals surface area contributed by atoms with Crippen LogP contribution in [0.5, 0.6) is 0 Å². The number of benzene rings is 1. The van der Waals surface area contributed by atoms with E-state index in [2.05, 4.69) is 0 Å². The Balaban J connectivity index is 2.39. The largest absolute Gasteiger partial charge is 0.397 e. The number of nitrogens with two attached hydrogens (primary N) is 1. The van der Waals surface area contributed by atoms with Gasteiger partial charge in [0, 0.05) is 7.05 Å². The first-order valence-corrected chi connectivity index (χ1v) is 7.42. The Kier molecular flexibility index (Phi) is 3.03. The van der Waals surface area contributed by atoms with E-state index in [9.17, 15) is 8.42 Å². The van der Waals surface area contributed by atoms with Gasteiger partial charge in [-0.15, -0.1) is 0 Å². The average Bonchev–Trinajstić information content (AvgIpc) is 3.13. The number of nitrogens with zero attached hydrogens (tertiary/aromatic N) is 1. The maximum absolute atomic E-state index is 11.8. The first-order chi connectivity index (χ1) is 7.95. The zero-order valence-corrected chi connectivity index (χ0v) is 11.0. The first-order valence-electron chi connectivity index (χ1n) is 5.81. The second kappa shape index (κ2) is 4.22. The van der Waals surface area contributed by atoms with Crippen LogP contribution in [-0.2, 0) is 10.0 Å². The molecule has 0 atom stereocenters. The van der Waals surface area contributed by atoms with Crippen LogP contribution in [-0.4, -0.2) is 21.2 Å². The number of anilines is 2. The monoisotopic (exact) mass is 254 g/mol. The van der Waals surface area contributed by atoms with Crippen molar-refractivity contribution in [3.05, 3.63) is 23.8 Å². The molecule has 17 heavy (non-hydrogen) atoms. The summed E-state index contributed by atoms with van der Waals surface area (Å²) in [6, 6.07) is 5.69. The van der Waals surface area contributed by atoms with E-state index in [0.717, 1.165) is 0 Å². The molecule has 0 aliphatic heterocycles. The second-order valence-corrected chi connectivity index (χ2v) is 6.75. The maximum Gasteiger partial charge on any atom is 0.234 e. The molecule has 0 unspecified atom stereocenters. The summed E-state index contributed by atoms with van der Waals surface area (Å²) in [6.07, 6.45) is 2.38. The quantitative estimate of drug-likeness (QED) is 0.835. The van der Waals surface area contributed by atoms with Crippen LogP contribution in [0.2, 0.25) is 0 Å². The summed E-state index contributed by atoms with van der Waals surface area (Å²) in [5.74, 6) is 0.670. The van der Waals surface area contributed by atoms with E-state index < -0.39 is 10.0 Å². The SMILES string of the molecule is CCS(=O)(=O)N(C)c1cc(C2CC2)ccc1N. The molecule has 0 aromatic heterocycles. The average molecular weight is 254 g/mol. The predicted molar refractivity (Wildman–Crippen MR) is 70.7 cm³/mol. The first kappa shape index (κ1) is 12.2. The minimum absolute atomic E-state index is 0.0800. The third-order valence-electron chi connectivity index (χ3n) is 3.22. The normalized spacial score (nSPS) is 15.9. The van der Waals surface area contributed by atoms with E-state index in [4.69, 9.17) is 5.73 Å². The zero-order chi connectivity index (χ0) is 12.6. The summed E-state index contributed by atoms with van der Waals surface area (Å²) in [5, 5.41) is 0. The van der Waals surface area contributed by atoms with Crippen molar-refractivity contribution in [1.82, 2.24) is 0 Å². The van der Waals surface area contributed by atoms with Crippen LogP contribution < -0.4 is 10.0 Å². The lowest BCUT2D eigenvalue weighted by molar-refractivity contribution is 0.595. The third-order valence-corrected chi connectivity index (χ3v) is 4.99. The summed E-state index contributed by atoms with van der Waals surface area (Å²) in [4.78, 5) is 0. The van der Waals surface area contributed by atoms with E-state index in [1.165, 1.54) is 22.7 Å². The van der Waals surface area contributed by atoms with Gasteiger partial charge in [0.2, 0.25) is 10.0 Å². The van der Waals surface area contributed by atoms with E-state index in [0.29, 0.717) is 17.3 Å². The molecule has 0 heterocycles. The Bertz CT molecular complexity index is 521. The second-order valence-electron chi connectivity index (χ2n) is 4.46. The Labute approximate surface area is 102 Å². The molecule has 2 N–H and O–H groups in total. The molecule has 0 amide bonds. The lowest BCUT2D eigenvalue weighted by Crippen LogP contribution is -2.28. The topological polar surface area (TPSA) is 63.4 Å². The Morgan fingerprint density at radius 2 is 2.06 bits per heavy atom. The van der Waals surface area contributed by atoms with Crippen LogP contribution in [0, 0.1) is 0 Å². The molecule has 0 spiro atoms. The molecule has 1 aliphatic carbocycles. The molecule has 2 rings (SSSR count). The Morgan fingerprint density at radius 1 is 1.41 bits per heavy atom. The van der Waals surface area contributed by atoms with Gasteiger partial charge in [-0.1, -0.05) is 6.07 Å². The van der Waals surface area contributed by atoms with E-state index in [-0.39, 0.29) is 5.75 Å². The maximum atomic E-state index is 11.8. The minimum Gasteiger partial charge on any atom is -0.397 e. The highest BCUT2D eigenvalue weighted by atomic mass is 32.2. The van der Waals surface area contributed by atoms with Crippen molar-refractivity contribution in [1.29, 1.82) is 0 Å². The lowest BCUT2D eigenvalue weighted by Gasteiger charge is -2.21. The molecule has 1 fully saturated rings. The van der Waals surface area contributed by atoms with Crippen LogP contribution >= 0.6 is 0 Å². The molecular formula is C12H18N2O2S. The van der Waals surface area contributed by atoms with Crippen molar-refractivity contribution < 1.29 is 8.42 Å². The highest BCUT2D eigenvalue weighted by Gasteiger charge is 2.25. The Morgan fingerprint density at radius 3 is 2.59 bits per heavy atom. The van der Waals surface area contributed by atoms with Crippen molar-refractivity contribution >= 4 is 21.4 Å². The number of sulfonamides is 1. The molecule has 1 aromatic carbocycles. The van der Waals surface area contributed by atoms with Gasteiger partial charge in [-0.05, 0) is 43.4 Å². The number of nitrogen functional groups attached to an aromatic ring is 1. The molecule has 1 aliphatic rings. The van der Waals surface area contributed by atoms with Gasteiger partial charge in [0.05, 0.1) is 17.1 Å². The summed E-state index contributed by atoms with van der Waals surface area (Å²) in [7, 11) is -1.69. The predicted octanol–water partition coefficient (Wildman–Crippen LogP) is 1.93. The number of hydrogen-bond acceptors (Lipinski definition) is 3. The molecule has 5 heteroatoms. The van der Waals surface area contributed by atoms with Crippen LogP contribution in [0.1, 0.15) is 31.2 Å². The van der Waals surface area contributed by atoms with Gasteiger partial charge < -0.3 is 5.73 Å². The molecule has 4 nitrogen and oxygen atoms in total. The zero-order valence-electron chi connectivity index (χ0n) is 10.2. The van der Waals surface area contributed by atoms with E-state index >= 15 is 0 Å². The summed E-state index contributed by atoms with van der Waals surface area (Å²) >= 11 is 0. The highest BCUT2D eigenvalue weighted by molar-refractivity contribution is 7.92. The van der Waals surface area contributed by atoms with Gasteiger partial charge in [0.25, 0.3) is 0 Å². The van der Waals surface area contributed by atoms with Gasteiger partial charge in [0.15, 0.2) is 0 Å². The molecular weight excluding hydrogens is 236 g/mol. The van der Waals surface area contributed by atoms with Gasteiger partial charge in [-0.2, -0.15) is 0 Å². The van der Waals surface area contributed by atoms with Gasteiger partial charge in [0.1, 0.15) is 0 Å². The fourth-order valence-electron chi connectivity index (χ4n) is 1.85. The van der Waals surface area contributed by atoms with Crippen LogP contribution in [0.4, 0.5) is 11.4 Å². The van der Waals surface area contributed by atoms with Crippen molar-refractivity contribution in [3.8, 4) is 0 Å². The van der Waals surface area contributed by atoms with Crippen LogP contribution in [0.25, 0.3) is 0 Å². The molecule has 0 saturated heterocycles. The smallest absolute Gasteiger partial charge is 0.234 e. The highest BCUT2D eigenvalue weighted by Crippen LogP contribution is 2.42. The number of rotatable bonds is 4. The molecule has 94 valence electrons. The van der Waals surface area contributed by atoms with Gasteiger partial charge in [-0.25, -0.2) is 8.42 Å². The van der Waals surface area contributed by atoms with Gasteiger partial charge >= 0.3 is 0 Å². The Hall–Kier alpha value is -1.23. The van der Waals surface area contributed by atoms with Crippen LogP contribution in [0.3, 0.4) is 0 Å². The molecule has 0 radical (unpaired) electrons. The van der Waals surface area contributed by atoms with E-state index in [1.54, 1.807) is 20.0 Å². The summed E-state index contributed by atoms with van der Waals surface area (Å²) < 4.78 is 24.9. The summed E-state index contributed by atoms with van der Waals surface area (Å²) in [5.41, 5.74) is 8.15. The fourth-order valence-corrected chi connectivity index (χ4v) is 2.69. The van der Waals surface area contributed by atoms with E-state index in [1.807, 2.05) is 12.1 Å². The fraction of sp³-hybridized carbons (Fsp3) is 0.500. The molecule has 1 saturated carbocycles. The minimum atomic E-state index is -3.24.